The molecule has 0 aromatic carbocycles. The van der Waals surface area contributed by atoms with Crippen LogP contribution in [-0.4, -0.2) is 21.5 Å². The van der Waals surface area contributed by atoms with Gasteiger partial charge in [-0.3, -0.25) is 0 Å². The molecule has 1 fully saturated rings. The second-order valence-corrected chi connectivity index (χ2v) is 4.50. The van der Waals surface area contributed by atoms with Crippen molar-refractivity contribution in [2.45, 2.75) is 31.7 Å². The first-order valence-corrected chi connectivity index (χ1v) is 5.87. The van der Waals surface area contributed by atoms with Gasteiger partial charge in [0.05, 0.1) is 11.7 Å². The third-order valence-corrected chi connectivity index (χ3v) is 3.28. The number of aromatic nitrogens is 3. The zero-order valence-corrected chi connectivity index (χ0v) is 9.92. The maximum Gasteiger partial charge on any atom is 0.153 e. The monoisotopic (exact) mass is 258 g/mol. The Morgan fingerprint density at radius 1 is 1.43 bits per heavy atom. The fraction of sp³-hybridized carbons (Fsp3) is 0.778. The van der Waals surface area contributed by atoms with Gasteiger partial charge in [0.2, 0.25) is 0 Å². The van der Waals surface area contributed by atoms with Crippen LogP contribution in [0.1, 0.15) is 37.4 Å². The Hall–Kier alpha value is -0.420. The van der Waals surface area contributed by atoms with E-state index < -0.39 is 0 Å². The smallest absolute Gasteiger partial charge is 0.153 e. The SMILES string of the molecule is Cn1nnc(Br)c1C1CCCCCN1. The first kappa shape index (κ1) is 10.1. The van der Waals surface area contributed by atoms with Crippen LogP contribution in [0.3, 0.4) is 0 Å². The van der Waals surface area contributed by atoms with Crippen LogP contribution >= 0.6 is 15.9 Å². The van der Waals surface area contributed by atoms with Crippen LogP contribution in [0.5, 0.6) is 0 Å². The van der Waals surface area contributed by atoms with Crippen molar-refractivity contribution in [2.24, 2.45) is 7.05 Å². The van der Waals surface area contributed by atoms with E-state index in [1.165, 1.54) is 31.4 Å². The summed E-state index contributed by atoms with van der Waals surface area (Å²) in [6, 6.07) is 0.409. The molecule has 5 heteroatoms. The highest BCUT2D eigenvalue weighted by molar-refractivity contribution is 9.10. The lowest BCUT2D eigenvalue weighted by Crippen LogP contribution is -2.22. The molecule has 14 heavy (non-hydrogen) atoms. The van der Waals surface area contributed by atoms with Crippen LogP contribution in [0.25, 0.3) is 0 Å². The second-order valence-electron chi connectivity index (χ2n) is 3.75. The fourth-order valence-corrected chi connectivity index (χ4v) is 2.57. The molecular weight excluding hydrogens is 244 g/mol. The number of hydrogen-bond acceptors (Lipinski definition) is 3. The summed E-state index contributed by atoms with van der Waals surface area (Å²) in [4.78, 5) is 0. The molecule has 0 aliphatic carbocycles. The van der Waals surface area contributed by atoms with Crippen molar-refractivity contribution in [3.8, 4) is 0 Å². The molecule has 1 aromatic rings. The predicted octanol–water partition coefficient (Wildman–Crippen LogP) is 1.78. The minimum Gasteiger partial charge on any atom is -0.309 e. The number of rotatable bonds is 1. The van der Waals surface area contributed by atoms with Crippen LogP contribution in [0.2, 0.25) is 0 Å². The second kappa shape index (κ2) is 4.40. The maximum absolute atomic E-state index is 4.01. The van der Waals surface area contributed by atoms with Crippen molar-refractivity contribution in [1.29, 1.82) is 0 Å². The molecule has 0 bridgehead atoms. The Morgan fingerprint density at radius 3 is 3.00 bits per heavy atom. The highest BCUT2D eigenvalue weighted by Crippen LogP contribution is 2.26. The molecule has 0 radical (unpaired) electrons. The van der Waals surface area contributed by atoms with Gasteiger partial charge in [-0.15, -0.1) is 5.10 Å². The van der Waals surface area contributed by atoms with E-state index >= 15 is 0 Å². The average Bonchev–Trinajstić information content (AvgIpc) is 2.45. The fourth-order valence-electron chi connectivity index (χ4n) is 1.97. The quantitative estimate of drug-likeness (QED) is 0.836. The minimum absolute atomic E-state index is 0.409. The van der Waals surface area contributed by atoms with E-state index in [1.54, 1.807) is 0 Å². The van der Waals surface area contributed by atoms with Crippen molar-refractivity contribution in [3.63, 3.8) is 0 Å². The van der Waals surface area contributed by atoms with Crippen LogP contribution in [-0.2, 0) is 7.05 Å². The summed E-state index contributed by atoms with van der Waals surface area (Å²) in [6.45, 7) is 1.10. The van der Waals surface area contributed by atoms with Gasteiger partial charge in [0.25, 0.3) is 0 Å². The zero-order valence-electron chi connectivity index (χ0n) is 8.33. The molecule has 1 atom stereocenters. The number of halogens is 1. The summed E-state index contributed by atoms with van der Waals surface area (Å²) < 4.78 is 2.73. The van der Waals surface area contributed by atoms with Gasteiger partial charge in [-0.25, -0.2) is 4.68 Å². The third kappa shape index (κ3) is 1.98. The van der Waals surface area contributed by atoms with Crippen molar-refractivity contribution in [2.75, 3.05) is 6.54 Å². The summed E-state index contributed by atoms with van der Waals surface area (Å²) in [6.07, 6.45) is 5.07. The van der Waals surface area contributed by atoms with Crippen LogP contribution in [0, 0.1) is 0 Å². The number of aryl methyl sites for hydroxylation is 1. The van der Waals surface area contributed by atoms with E-state index in [4.69, 9.17) is 0 Å². The van der Waals surface area contributed by atoms with E-state index in [-0.39, 0.29) is 0 Å². The standard InChI is InChI=1S/C9H15BrN4/c1-14-8(9(10)12-13-14)7-5-3-2-4-6-11-7/h7,11H,2-6H2,1H3. The molecule has 0 amide bonds. The molecule has 1 saturated heterocycles. The van der Waals surface area contributed by atoms with E-state index in [0.29, 0.717) is 6.04 Å². The zero-order chi connectivity index (χ0) is 9.97. The maximum atomic E-state index is 4.01. The van der Waals surface area contributed by atoms with Gasteiger partial charge in [-0.2, -0.15) is 0 Å². The summed E-state index contributed by atoms with van der Waals surface area (Å²) in [5, 5.41) is 11.5. The Bertz CT molecular complexity index is 282. The van der Waals surface area contributed by atoms with Crippen LogP contribution in [0.4, 0.5) is 0 Å². The van der Waals surface area contributed by atoms with Crippen molar-refractivity contribution < 1.29 is 0 Å². The Kier molecular flexibility index (Phi) is 3.18. The van der Waals surface area contributed by atoms with Gasteiger partial charge in [-0.05, 0) is 35.3 Å². The lowest BCUT2D eigenvalue weighted by molar-refractivity contribution is 0.492. The van der Waals surface area contributed by atoms with E-state index in [0.717, 1.165) is 11.1 Å². The average molecular weight is 259 g/mol. The van der Waals surface area contributed by atoms with E-state index in [2.05, 4.69) is 31.6 Å². The number of nitrogens with one attached hydrogen (secondary N) is 1. The van der Waals surface area contributed by atoms with Crippen LogP contribution in [0.15, 0.2) is 4.60 Å². The Morgan fingerprint density at radius 2 is 2.29 bits per heavy atom. The molecule has 1 aliphatic rings. The van der Waals surface area contributed by atoms with Crippen LogP contribution < -0.4 is 5.32 Å². The Labute approximate surface area is 92.2 Å². The molecule has 1 aliphatic heterocycles. The largest absolute Gasteiger partial charge is 0.309 e. The van der Waals surface area contributed by atoms with E-state index in [9.17, 15) is 0 Å². The van der Waals surface area contributed by atoms with Gasteiger partial charge in [0.1, 0.15) is 0 Å². The summed E-state index contributed by atoms with van der Waals surface area (Å²) in [7, 11) is 1.94. The van der Waals surface area contributed by atoms with Gasteiger partial charge in [-0.1, -0.05) is 18.1 Å². The third-order valence-electron chi connectivity index (χ3n) is 2.72. The number of hydrogen-bond donors (Lipinski definition) is 1. The lowest BCUT2D eigenvalue weighted by Gasteiger charge is -2.15. The first-order valence-electron chi connectivity index (χ1n) is 5.07. The molecule has 0 saturated carbocycles. The van der Waals surface area contributed by atoms with Crippen molar-refractivity contribution in [3.05, 3.63) is 10.3 Å². The molecule has 4 nitrogen and oxygen atoms in total. The van der Waals surface area contributed by atoms with Gasteiger partial charge in [0, 0.05) is 7.05 Å². The highest BCUT2D eigenvalue weighted by Gasteiger charge is 2.20. The van der Waals surface area contributed by atoms with Crippen molar-refractivity contribution >= 4 is 15.9 Å². The molecular formula is C9H15BrN4. The first-order chi connectivity index (χ1) is 6.79. The molecule has 0 spiro atoms. The normalized spacial score (nSPS) is 23.4. The van der Waals surface area contributed by atoms with Gasteiger partial charge >= 0.3 is 0 Å². The predicted molar refractivity (Wildman–Crippen MR) is 57.9 cm³/mol. The summed E-state index contributed by atoms with van der Waals surface area (Å²) >= 11 is 3.44. The lowest BCUT2D eigenvalue weighted by atomic mass is 10.1. The molecule has 1 unspecified atom stereocenters. The molecule has 1 aromatic heterocycles. The molecule has 1 N–H and O–H groups in total. The van der Waals surface area contributed by atoms with Gasteiger partial charge < -0.3 is 5.32 Å². The number of nitrogens with zero attached hydrogens (tertiary/aromatic N) is 3. The van der Waals surface area contributed by atoms with Gasteiger partial charge in [0.15, 0.2) is 4.60 Å². The summed E-state index contributed by atoms with van der Waals surface area (Å²) in [5.74, 6) is 0. The molecule has 2 heterocycles. The minimum atomic E-state index is 0.409. The van der Waals surface area contributed by atoms with E-state index in [1.807, 2.05) is 11.7 Å². The Balaban J connectivity index is 2.19. The molecule has 78 valence electrons. The summed E-state index contributed by atoms with van der Waals surface area (Å²) in [5.41, 5.74) is 1.17. The molecule has 2 rings (SSSR count). The van der Waals surface area contributed by atoms with Crippen molar-refractivity contribution in [1.82, 2.24) is 20.3 Å². The highest BCUT2D eigenvalue weighted by atomic mass is 79.9. The topological polar surface area (TPSA) is 42.7 Å².